The number of phenols is 1. The maximum atomic E-state index is 9.75. The normalized spacial score (nSPS) is 10.9. The summed E-state index contributed by atoms with van der Waals surface area (Å²) in [6, 6.07) is 5.44. The second kappa shape index (κ2) is 6.21. The quantitative estimate of drug-likeness (QED) is 0.889. The molecule has 0 unspecified atom stereocenters. The maximum absolute atomic E-state index is 9.75. The van der Waals surface area contributed by atoms with E-state index in [-0.39, 0.29) is 0 Å². The first-order valence-corrected chi connectivity index (χ1v) is 7.10. The zero-order valence-corrected chi connectivity index (χ0v) is 12.7. The van der Waals surface area contributed by atoms with Crippen LogP contribution in [0, 0.1) is 6.92 Å². The van der Waals surface area contributed by atoms with Crippen LogP contribution in [0.3, 0.4) is 0 Å². The Balaban J connectivity index is 1.96. The molecule has 0 atom stereocenters. The molecule has 0 bridgehead atoms. The Hall–Kier alpha value is -1.33. The van der Waals surface area contributed by atoms with Gasteiger partial charge in [0.05, 0.1) is 5.69 Å². The van der Waals surface area contributed by atoms with Gasteiger partial charge in [-0.05, 0) is 32.0 Å². The molecule has 5 heteroatoms. The van der Waals surface area contributed by atoms with Crippen molar-refractivity contribution in [3.8, 4) is 5.75 Å². The lowest BCUT2D eigenvalue weighted by Crippen LogP contribution is -2.13. The number of rotatable bonds is 5. The minimum Gasteiger partial charge on any atom is -0.508 e. The largest absolute Gasteiger partial charge is 0.508 e. The van der Waals surface area contributed by atoms with Gasteiger partial charge in [0.1, 0.15) is 5.75 Å². The fourth-order valence-corrected chi connectivity index (χ4v) is 2.33. The topological polar surface area (TPSA) is 50.1 Å². The number of hydrogen-bond acceptors (Lipinski definition) is 3. The minimum absolute atomic E-state index is 0.316. The second-order valence-corrected chi connectivity index (χ2v) is 5.39. The van der Waals surface area contributed by atoms with E-state index in [9.17, 15) is 5.11 Å². The van der Waals surface area contributed by atoms with E-state index in [4.69, 9.17) is 0 Å². The van der Waals surface area contributed by atoms with Gasteiger partial charge in [0.2, 0.25) is 0 Å². The fourth-order valence-electron chi connectivity index (χ4n) is 1.92. The fraction of sp³-hybridized carbons (Fsp3) is 0.357. The molecule has 0 spiro atoms. The van der Waals surface area contributed by atoms with Crippen LogP contribution >= 0.6 is 15.9 Å². The van der Waals surface area contributed by atoms with Gasteiger partial charge in [-0.1, -0.05) is 15.9 Å². The summed E-state index contributed by atoms with van der Waals surface area (Å²) in [7, 11) is 0. The predicted molar refractivity (Wildman–Crippen MR) is 79.0 cm³/mol. The lowest BCUT2D eigenvalue weighted by Gasteiger charge is -2.07. The summed E-state index contributed by atoms with van der Waals surface area (Å²) in [4.78, 5) is 0. The van der Waals surface area contributed by atoms with E-state index in [1.54, 1.807) is 6.07 Å². The summed E-state index contributed by atoms with van der Waals surface area (Å²) in [6.07, 6.45) is 2.06. The van der Waals surface area contributed by atoms with Crippen LogP contribution in [0.4, 0.5) is 0 Å². The van der Waals surface area contributed by atoms with Crippen molar-refractivity contribution in [1.82, 2.24) is 15.1 Å². The van der Waals surface area contributed by atoms with Gasteiger partial charge in [-0.3, -0.25) is 4.68 Å². The van der Waals surface area contributed by atoms with E-state index < -0.39 is 0 Å². The van der Waals surface area contributed by atoms with Crippen LogP contribution in [0.2, 0.25) is 0 Å². The van der Waals surface area contributed by atoms with Crippen molar-refractivity contribution in [3.63, 3.8) is 0 Å². The van der Waals surface area contributed by atoms with E-state index in [0.717, 1.165) is 28.8 Å². The predicted octanol–water partition coefficient (Wildman–Crippen LogP) is 2.97. The Labute approximate surface area is 121 Å². The molecule has 2 N–H and O–H groups in total. The van der Waals surface area contributed by atoms with Crippen LogP contribution < -0.4 is 5.32 Å². The molecule has 0 aliphatic rings. The van der Waals surface area contributed by atoms with Crippen LogP contribution in [-0.4, -0.2) is 14.9 Å². The van der Waals surface area contributed by atoms with Gasteiger partial charge in [-0.15, -0.1) is 0 Å². The third-order valence-electron chi connectivity index (χ3n) is 3.04. The lowest BCUT2D eigenvalue weighted by atomic mass is 10.2. The first kappa shape index (κ1) is 14.1. The highest BCUT2D eigenvalue weighted by Gasteiger charge is 2.05. The van der Waals surface area contributed by atoms with Crippen LogP contribution in [-0.2, 0) is 19.6 Å². The van der Waals surface area contributed by atoms with Gasteiger partial charge in [0, 0.05) is 41.4 Å². The Morgan fingerprint density at radius 2 is 2.05 bits per heavy atom. The Morgan fingerprint density at radius 1 is 1.32 bits per heavy atom. The number of phenolic OH excluding ortho intramolecular Hbond substituents is 1. The summed E-state index contributed by atoms with van der Waals surface area (Å²) < 4.78 is 2.90. The molecule has 0 aliphatic heterocycles. The van der Waals surface area contributed by atoms with Crippen LogP contribution in [0.15, 0.2) is 28.9 Å². The molecule has 0 aliphatic carbocycles. The second-order valence-electron chi connectivity index (χ2n) is 4.47. The molecule has 19 heavy (non-hydrogen) atoms. The van der Waals surface area contributed by atoms with E-state index >= 15 is 0 Å². The smallest absolute Gasteiger partial charge is 0.120 e. The van der Waals surface area contributed by atoms with Gasteiger partial charge in [0.25, 0.3) is 0 Å². The molecule has 0 saturated carbocycles. The van der Waals surface area contributed by atoms with E-state index in [1.807, 2.05) is 23.7 Å². The van der Waals surface area contributed by atoms with Gasteiger partial charge >= 0.3 is 0 Å². The van der Waals surface area contributed by atoms with Crippen molar-refractivity contribution in [2.45, 2.75) is 33.5 Å². The first-order valence-electron chi connectivity index (χ1n) is 6.31. The monoisotopic (exact) mass is 323 g/mol. The molecule has 1 aromatic heterocycles. The van der Waals surface area contributed by atoms with Crippen LogP contribution in [0.25, 0.3) is 0 Å². The SMILES string of the molecule is CCn1cc(CNCc2cc(Br)ccc2O)c(C)n1. The van der Waals surface area contributed by atoms with Gasteiger partial charge in [-0.2, -0.15) is 5.10 Å². The number of aromatic hydroxyl groups is 1. The van der Waals surface area contributed by atoms with Crippen molar-refractivity contribution < 1.29 is 5.11 Å². The number of nitrogens with zero attached hydrogens (tertiary/aromatic N) is 2. The minimum atomic E-state index is 0.316. The van der Waals surface area contributed by atoms with E-state index in [2.05, 4.69) is 39.5 Å². The van der Waals surface area contributed by atoms with Crippen molar-refractivity contribution in [1.29, 1.82) is 0 Å². The van der Waals surface area contributed by atoms with Gasteiger partial charge in [0.15, 0.2) is 0 Å². The average Bonchev–Trinajstić information content (AvgIpc) is 2.75. The number of benzene rings is 1. The molecule has 4 nitrogen and oxygen atoms in total. The zero-order chi connectivity index (χ0) is 13.8. The molecule has 0 saturated heterocycles. The van der Waals surface area contributed by atoms with Crippen LogP contribution in [0.5, 0.6) is 5.75 Å². The molecular formula is C14H18BrN3O. The van der Waals surface area contributed by atoms with Gasteiger partial charge < -0.3 is 10.4 Å². The van der Waals surface area contributed by atoms with Crippen molar-refractivity contribution in [2.24, 2.45) is 0 Å². The highest BCUT2D eigenvalue weighted by Crippen LogP contribution is 2.21. The number of nitrogens with one attached hydrogen (secondary N) is 1. The standard InChI is InChI=1S/C14H18BrN3O/c1-3-18-9-12(10(2)17-18)8-16-7-11-6-13(15)4-5-14(11)19/h4-6,9,16,19H,3,7-8H2,1-2H3. The zero-order valence-electron chi connectivity index (χ0n) is 11.2. The van der Waals surface area contributed by atoms with E-state index in [0.29, 0.717) is 12.3 Å². The van der Waals surface area contributed by atoms with Crippen molar-refractivity contribution >= 4 is 15.9 Å². The number of hydrogen-bond donors (Lipinski definition) is 2. The Morgan fingerprint density at radius 3 is 2.74 bits per heavy atom. The summed E-state index contributed by atoms with van der Waals surface area (Å²) >= 11 is 3.41. The Kier molecular flexibility index (Phi) is 4.61. The lowest BCUT2D eigenvalue weighted by molar-refractivity contribution is 0.464. The first-order chi connectivity index (χ1) is 9.10. The third-order valence-corrected chi connectivity index (χ3v) is 3.54. The molecule has 0 fully saturated rings. The molecule has 0 radical (unpaired) electrons. The summed E-state index contributed by atoms with van der Waals surface area (Å²) in [6.45, 7) is 6.34. The number of halogens is 1. The Bertz CT molecular complexity index is 566. The number of aromatic nitrogens is 2. The third kappa shape index (κ3) is 3.58. The highest BCUT2D eigenvalue weighted by molar-refractivity contribution is 9.10. The summed E-state index contributed by atoms with van der Waals surface area (Å²) in [5, 5.41) is 17.5. The van der Waals surface area contributed by atoms with Gasteiger partial charge in [-0.25, -0.2) is 0 Å². The summed E-state index contributed by atoms with van der Waals surface area (Å²) in [5.41, 5.74) is 3.12. The summed E-state index contributed by atoms with van der Waals surface area (Å²) in [5.74, 6) is 0.316. The van der Waals surface area contributed by atoms with Crippen LogP contribution in [0.1, 0.15) is 23.7 Å². The molecular weight excluding hydrogens is 306 g/mol. The van der Waals surface area contributed by atoms with Crippen molar-refractivity contribution in [3.05, 3.63) is 45.7 Å². The average molecular weight is 324 g/mol. The highest BCUT2D eigenvalue weighted by atomic mass is 79.9. The molecule has 2 aromatic rings. The molecule has 0 amide bonds. The molecule has 1 heterocycles. The molecule has 102 valence electrons. The molecule has 2 rings (SSSR count). The van der Waals surface area contributed by atoms with E-state index in [1.165, 1.54) is 5.56 Å². The number of aryl methyl sites for hydroxylation is 2. The molecule has 1 aromatic carbocycles. The van der Waals surface area contributed by atoms with Crippen molar-refractivity contribution in [2.75, 3.05) is 0 Å². The maximum Gasteiger partial charge on any atom is 0.120 e.